The van der Waals surface area contributed by atoms with Gasteiger partial charge in [-0.05, 0) is 38.1 Å². The summed E-state index contributed by atoms with van der Waals surface area (Å²) in [6, 6.07) is 6.93. The van der Waals surface area contributed by atoms with E-state index in [2.05, 4.69) is 10.3 Å². The summed E-state index contributed by atoms with van der Waals surface area (Å²) < 4.78 is 10.7. The lowest BCUT2D eigenvalue weighted by atomic mass is 10.2. The maximum absolute atomic E-state index is 12.7. The molecule has 3 aromatic rings. The number of aryl methyl sites for hydroxylation is 1. The van der Waals surface area contributed by atoms with Crippen molar-refractivity contribution in [1.82, 2.24) is 15.2 Å². The quantitative estimate of drug-likeness (QED) is 0.730. The fourth-order valence-electron chi connectivity index (χ4n) is 2.31. The normalized spacial score (nSPS) is 12.1. The molecule has 0 spiro atoms. The Balaban J connectivity index is 1.69. The van der Waals surface area contributed by atoms with Gasteiger partial charge in [-0.1, -0.05) is 0 Å². The summed E-state index contributed by atoms with van der Waals surface area (Å²) >= 11 is 1.57. The first-order valence-electron chi connectivity index (χ1n) is 7.64. The Morgan fingerprint density at radius 1 is 1.25 bits per heavy atom. The molecular formula is C17H19N3O3S. The second-order valence-corrected chi connectivity index (χ2v) is 6.54. The molecule has 0 bridgehead atoms. The van der Waals surface area contributed by atoms with Crippen molar-refractivity contribution < 1.29 is 13.6 Å². The second-order valence-electron chi connectivity index (χ2n) is 5.48. The molecule has 0 aliphatic carbocycles. The lowest BCUT2D eigenvalue weighted by Gasteiger charge is -2.23. The van der Waals surface area contributed by atoms with E-state index in [1.54, 1.807) is 40.9 Å². The van der Waals surface area contributed by atoms with E-state index >= 15 is 0 Å². The van der Waals surface area contributed by atoms with E-state index in [1.165, 1.54) is 0 Å². The molecule has 3 rings (SSSR count). The molecule has 0 fully saturated rings. The van der Waals surface area contributed by atoms with Gasteiger partial charge >= 0.3 is 6.03 Å². The van der Waals surface area contributed by atoms with Crippen LogP contribution >= 0.6 is 11.3 Å². The molecule has 7 heteroatoms. The van der Waals surface area contributed by atoms with Crippen molar-refractivity contribution >= 4 is 17.4 Å². The first kappa shape index (κ1) is 16.3. The number of amides is 2. The number of carbonyl (C=O) groups excluding carboxylic acids is 1. The molecule has 3 aromatic heterocycles. The van der Waals surface area contributed by atoms with Crippen molar-refractivity contribution in [2.24, 2.45) is 0 Å². The predicted octanol–water partition coefficient (Wildman–Crippen LogP) is 4.11. The molecule has 24 heavy (non-hydrogen) atoms. The fourth-order valence-corrected chi connectivity index (χ4v) is 3.02. The van der Waals surface area contributed by atoms with Crippen LogP contribution in [0.4, 0.5) is 4.79 Å². The summed E-state index contributed by atoms with van der Waals surface area (Å²) in [5, 5.41) is 5.92. The topological polar surface area (TPSA) is 71.5 Å². The Morgan fingerprint density at radius 2 is 1.88 bits per heavy atom. The molecule has 126 valence electrons. The molecule has 2 amide bonds. The van der Waals surface area contributed by atoms with Gasteiger partial charge in [0.05, 0.1) is 42.4 Å². The monoisotopic (exact) mass is 345 g/mol. The van der Waals surface area contributed by atoms with Crippen molar-refractivity contribution in [3.05, 3.63) is 64.4 Å². The lowest BCUT2D eigenvalue weighted by Crippen LogP contribution is -2.40. The van der Waals surface area contributed by atoms with Gasteiger partial charge in [0.25, 0.3) is 0 Å². The minimum absolute atomic E-state index is 0.168. The third kappa shape index (κ3) is 4.05. The first-order valence-corrected chi connectivity index (χ1v) is 8.52. The van der Waals surface area contributed by atoms with E-state index in [4.69, 9.17) is 8.83 Å². The SMILES string of the molecule is Cc1nc(C(C)NC(=O)N(Cc2ccco2)Cc2ccco2)cs1. The van der Waals surface area contributed by atoms with Crippen LogP contribution in [0.1, 0.15) is 35.2 Å². The molecule has 0 saturated heterocycles. The molecule has 0 aromatic carbocycles. The summed E-state index contributed by atoms with van der Waals surface area (Å²) in [4.78, 5) is 18.8. The first-order chi connectivity index (χ1) is 11.6. The number of urea groups is 1. The van der Waals surface area contributed by atoms with Crippen LogP contribution in [0.2, 0.25) is 0 Å². The molecule has 3 heterocycles. The Morgan fingerprint density at radius 3 is 2.33 bits per heavy atom. The zero-order valence-corrected chi connectivity index (χ0v) is 14.4. The van der Waals surface area contributed by atoms with Gasteiger partial charge in [-0.3, -0.25) is 0 Å². The number of hydrogen-bond acceptors (Lipinski definition) is 5. The Labute approximate surface area is 144 Å². The molecule has 6 nitrogen and oxygen atoms in total. The summed E-state index contributed by atoms with van der Waals surface area (Å²) in [6.45, 7) is 4.60. The summed E-state index contributed by atoms with van der Waals surface area (Å²) in [7, 11) is 0. The number of thiazole rings is 1. The minimum Gasteiger partial charge on any atom is -0.467 e. The Hall–Kier alpha value is -2.54. The minimum atomic E-state index is -0.194. The lowest BCUT2D eigenvalue weighted by molar-refractivity contribution is 0.179. The van der Waals surface area contributed by atoms with Gasteiger partial charge in [-0.25, -0.2) is 9.78 Å². The van der Waals surface area contributed by atoms with E-state index in [-0.39, 0.29) is 12.1 Å². The van der Waals surface area contributed by atoms with Crippen LogP contribution in [0.15, 0.2) is 51.0 Å². The Kier molecular flexibility index (Phi) is 5.00. The summed E-state index contributed by atoms with van der Waals surface area (Å²) in [5.41, 5.74) is 0.863. The van der Waals surface area contributed by atoms with Gasteiger partial charge in [0.15, 0.2) is 0 Å². The maximum Gasteiger partial charge on any atom is 0.318 e. The molecular weight excluding hydrogens is 326 g/mol. The second kappa shape index (κ2) is 7.35. The van der Waals surface area contributed by atoms with E-state index in [0.717, 1.165) is 10.7 Å². The average molecular weight is 345 g/mol. The zero-order valence-electron chi connectivity index (χ0n) is 13.6. The average Bonchev–Trinajstić information content (AvgIpc) is 3.28. The highest BCUT2D eigenvalue weighted by atomic mass is 32.1. The highest BCUT2D eigenvalue weighted by molar-refractivity contribution is 7.09. The van der Waals surface area contributed by atoms with Crippen LogP contribution in [0.3, 0.4) is 0 Å². The number of aromatic nitrogens is 1. The van der Waals surface area contributed by atoms with Crippen LogP contribution in [0.25, 0.3) is 0 Å². The molecule has 0 radical (unpaired) electrons. The van der Waals surface area contributed by atoms with E-state index < -0.39 is 0 Å². The zero-order chi connectivity index (χ0) is 16.9. The smallest absolute Gasteiger partial charge is 0.318 e. The molecule has 1 atom stereocenters. The van der Waals surface area contributed by atoms with Crippen LogP contribution < -0.4 is 5.32 Å². The van der Waals surface area contributed by atoms with Crippen molar-refractivity contribution in [1.29, 1.82) is 0 Å². The summed E-state index contributed by atoms with van der Waals surface area (Å²) in [5.74, 6) is 1.43. The fraction of sp³-hybridized carbons (Fsp3) is 0.294. The van der Waals surface area contributed by atoms with Gasteiger partial charge < -0.3 is 19.1 Å². The number of nitrogens with one attached hydrogen (secondary N) is 1. The highest BCUT2D eigenvalue weighted by Crippen LogP contribution is 2.17. The highest BCUT2D eigenvalue weighted by Gasteiger charge is 2.20. The predicted molar refractivity (Wildman–Crippen MR) is 90.5 cm³/mol. The van der Waals surface area contributed by atoms with Crippen molar-refractivity contribution in [3.63, 3.8) is 0 Å². The standard InChI is InChI=1S/C17H19N3O3S/c1-12(16-11-24-13(2)19-16)18-17(21)20(9-14-5-3-7-22-14)10-15-6-4-8-23-15/h3-8,11-12H,9-10H2,1-2H3,(H,18,21). The van der Waals surface area contributed by atoms with E-state index in [1.807, 2.05) is 31.4 Å². The van der Waals surface area contributed by atoms with Crippen LogP contribution in [0.5, 0.6) is 0 Å². The number of hydrogen-bond donors (Lipinski definition) is 1. The van der Waals surface area contributed by atoms with E-state index in [9.17, 15) is 4.79 Å². The largest absolute Gasteiger partial charge is 0.467 e. The molecule has 1 N–H and O–H groups in total. The van der Waals surface area contributed by atoms with Gasteiger partial charge in [0.1, 0.15) is 11.5 Å². The van der Waals surface area contributed by atoms with Crippen molar-refractivity contribution in [2.75, 3.05) is 0 Å². The number of furan rings is 2. The Bertz CT molecular complexity index is 729. The molecule has 0 aliphatic heterocycles. The van der Waals surface area contributed by atoms with Crippen molar-refractivity contribution in [2.45, 2.75) is 33.0 Å². The molecule has 0 aliphatic rings. The van der Waals surface area contributed by atoms with Crippen LogP contribution in [0, 0.1) is 6.92 Å². The molecule has 1 unspecified atom stereocenters. The van der Waals surface area contributed by atoms with Gasteiger partial charge in [-0.15, -0.1) is 11.3 Å². The van der Waals surface area contributed by atoms with Crippen LogP contribution in [-0.4, -0.2) is 15.9 Å². The van der Waals surface area contributed by atoms with Gasteiger partial charge in [-0.2, -0.15) is 0 Å². The van der Waals surface area contributed by atoms with E-state index in [0.29, 0.717) is 24.6 Å². The van der Waals surface area contributed by atoms with Gasteiger partial charge in [0.2, 0.25) is 0 Å². The number of nitrogens with zero attached hydrogens (tertiary/aromatic N) is 2. The third-order valence-corrected chi connectivity index (χ3v) is 4.35. The van der Waals surface area contributed by atoms with Crippen molar-refractivity contribution in [3.8, 4) is 0 Å². The maximum atomic E-state index is 12.7. The molecule has 0 saturated carbocycles. The third-order valence-electron chi connectivity index (χ3n) is 3.56. The number of carbonyl (C=O) groups is 1. The summed E-state index contributed by atoms with van der Waals surface area (Å²) in [6.07, 6.45) is 3.19. The van der Waals surface area contributed by atoms with Crippen LogP contribution in [-0.2, 0) is 13.1 Å². The van der Waals surface area contributed by atoms with Gasteiger partial charge in [0, 0.05) is 5.38 Å². The number of rotatable bonds is 6.